The standard InChI is InChI=1S/C41H48N4O/c1-7-40(34-15-13-12-14-16-34)41(36-23-25-39(26-24-36)46-31(6)42)35-21-19-32(20-22-35)17-18-33-27-37(29-44(8-2)9-3)43-38(28-33)30-45(10-4)11-5/h12-16,19-28H,6-11,29-30,42H2,1-5H3/b41-40-. The van der Waals surface area contributed by atoms with Crippen molar-refractivity contribution in [2.75, 3.05) is 26.2 Å². The van der Waals surface area contributed by atoms with E-state index >= 15 is 0 Å². The molecule has 46 heavy (non-hydrogen) atoms. The Hall–Kier alpha value is -4.63. The van der Waals surface area contributed by atoms with Crippen molar-refractivity contribution < 1.29 is 4.74 Å². The highest BCUT2D eigenvalue weighted by Crippen LogP contribution is 2.35. The zero-order chi connectivity index (χ0) is 32.9. The maximum absolute atomic E-state index is 5.67. The van der Waals surface area contributed by atoms with Crippen LogP contribution in [0.4, 0.5) is 0 Å². The molecular weight excluding hydrogens is 564 g/mol. The predicted octanol–water partition coefficient (Wildman–Crippen LogP) is 8.34. The minimum atomic E-state index is 0.172. The molecule has 1 aromatic heterocycles. The largest absolute Gasteiger partial charge is 0.442 e. The van der Waals surface area contributed by atoms with Crippen molar-refractivity contribution in [3.05, 3.63) is 143 Å². The van der Waals surface area contributed by atoms with Crippen molar-refractivity contribution in [1.82, 2.24) is 14.8 Å². The van der Waals surface area contributed by atoms with E-state index in [2.05, 4.69) is 142 Å². The Bertz CT molecular complexity index is 1620. The molecule has 0 fully saturated rings. The molecule has 238 valence electrons. The van der Waals surface area contributed by atoms with Crippen LogP contribution in [0.15, 0.2) is 103 Å². The van der Waals surface area contributed by atoms with Gasteiger partial charge in [-0.05, 0) is 103 Å². The summed E-state index contributed by atoms with van der Waals surface area (Å²) in [5.74, 6) is 7.71. The van der Waals surface area contributed by atoms with Crippen molar-refractivity contribution in [1.29, 1.82) is 0 Å². The van der Waals surface area contributed by atoms with E-state index in [1.54, 1.807) is 0 Å². The van der Waals surface area contributed by atoms with Gasteiger partial charge in [0.05, 0.1) is 11.4 Å². The number of ether oxygens (including phenoxy) is 1. The van der Waals surface area contributed by atoms with Gasteiger partial charge in [0, 0.05) is 24.2 Å². The van der Waals surface area contributed by atoms with E-state index in [0.717, 1.165) is 79.3 Å². The average molecular weight is 613 g/mol. The molecule has 4 aromatic rings. The van der Waals surface area contributed by atoms with E-state index in [1.165, 1.54) is 16.7 Å². The van der Waals surface area contributed by atoms with Gasteiger partial charge in [-0.25, -0.2) is 0 Å². The zero-order valence-electron chi connectivity index (χ0n) is 28.1. The van der Waals surface area contributed by atoms with E-state index < -0.39 is 0 Å². The topological polar surface area (TPSA) is 54.6 Å². The quantitative estimate of drug-likeness (QED) is 0.0881. The summed E-state index contributed by atoms with van der Waals surface area (Å²) in [6.45, 7) is 20.3. The van der Waals surface area contributed by atoms with Gasteiger partial charge < -0.3 is 10.5 Å². The number of hydrogen-bond acceptors (Lipinski definition) is 5. The number of benzene rings is 3. The van der Waals surface area contributed by atoms with Gasteiger partial charge in [0.25, 0.3) is 0 Å². The molecule has 1 heterocycles. The molecule has 5 nitrogen and oxygen atoms in total. The smallest absolute Gasteiger partial charge is 0.183 e. The van der Waals surface area contributed by atoms with Gasteiger partial charge in [-0.3, -0.25) is 14.8 Å². The lowest BCUT2D eigenvalue weighted by Crippen LogP contribution is -2.25. The van der Waals surface area contributed by atoms with Gasteiger partial charge in [0.15, 0.2) is 5.88 Å². The van der Waals surface area contributed by atoms with Crippen molar-refractivity contribution in [2.24, 2.45) is 5.73 Å². The Morgan fingerprint density at radius 1 is 0.674 bits per heavy atom. The molecule has 0 amide bonds. The van der Waals surface area contributed by atoms with Crippen LogP contribution in [0.2, 0.25) is 0 Å². The van der Waals surface area contributed by atoms with Gasteiger partial charge in [0.1, 0.15) is 5.75 Å². The molecule has 0 spiro atoms. The summed E-state index contributed by atoms with van der Waals surface area (Å²) in [4.78, 5) is 9.79. The van der Waals surface area contributed by atoms with Crippen LogP contribution in [-0.2, 0) is 13.1 Å². The first-order chi connectivity index (χ1) is 22.4. The Labute approximate surface area is 276 Å². The number of pyridine rings is 1. The summed E-state index contributed by atoms with van der Waals surface area (Å²) in [5, 5.41) is 0. The lowest BCUT2D eigenvalue weighted by Gasteiger charge is -2.20. The fourth-order valence-electron chi connectivity index (χ4n) is 5.62. The minimum Gasteiger partial charge on any atom is -0.442 e. The van der Waals surface area contributed by atoms with Gasteiger partial charge in [0.2, 0.25) is 0 Å². The number of allylic oxidation sites excluding steroid dienone is 1. The Morgan fingerprint density at radius 3 is 1.65 bits per heavy atom. The van der Waals surface area contributed by atoms with Crippen molar-refractivity contribution in [3.63, 3.8) is 0 Å². The van der Waals surface area contributed by atoms with Crippen LogP contribution in [0.5, 0.6) is 5.75 Å². The first kappa shape index (κ1) is 34.2. The molecule has 0 saturated heterocycles. The number of hydrogen-bond donors (Lipinski definition) is 1. The lowest BCUT2D eigenvalue weighted by molar-refractivity contribution is 0.284. The molecule has 3 aromatic carbocycles. The first-order valence-corrected chi connectivity index (χ1v) is 16.4. The fourth-order valence-corrected chi connectivity index (χ4v) is 5.62. The summed E-state index contributed by atoms with van der Waals surface area (Å²) in [6.07, 6.45) is 0.881. The molecular formula is C41H48N4O. The molecule has 5 heteroatoms. The second-order valence-electron chi connectivity index (χ2n) is 11.3. The molecule has 0 aliphatic rings. The Morgan fingerprint density at radius 2 is 1.17 bits per heavy atom. The number of nitrogens with two attached hydrogens (primary N) is 1. The summed E-state index contributed by atoms with van der Waals surface area (Å²) in [6, 6.07) is 31.5. The van der Waals surface area contributed by atoms with Gasteiger partial charge in [-0.2, -0.15) is 0 Å². The molecule has 0 bridgehead atoms. The number of aromatic nitrogens is 1. The second-order valence-corrected chi connectivity index (χ2v) is 11.3. The molecule has 0 saturated carbocycles. The summed E-state index contributed by atoms with van der Waals surface area (Å²) >= 11 is 0. The van der Waals surface area contributed by atoms with E-state index in [9.17, 15) is 0 Å². The molecule has 4 rings (SSSR count). The summed E-state index contributed by atoms with van der Waals surface area (Å²) in [7, 11) is 0. The fraction of sp³-hybridized carbons (Fsp3) is 0.293. The number of rotatable bonds is 14. The van der Waals surface area contributed by atoms with Crippen molar-refractivity contribution in [3.8, 4) is 17.6 Å². The lowest BCUT2D eigenvalue weighted by atomic mass is 9.88. The van der Waals surface area contributed by atoms with E-state index in [4.69, 9.17) is 15.5 Å². The monoisotopic (exact) mass is 612 g/mol. The van der Waals surface area contributed by atoms with Crippen LogP contribution in [0.3, 0.4) is 0 Å². The Kier molecular flexibility index (Phi) is 12.8. The minimum absolute atomic E-state index is 0.172. The molecule has 0 aliphatic carbocycles. The third kappa shape index (κ3) is 9.44. The normalized spacial score (nSPS) is 11.6. The molecule has 0 radical (unpaired) electrons. The first-order valence-electron chi connectivity index (χ1n) is 16.4. The van der Waals surface area contributed by atoms with E-state index in [1.807, 2.05) is 12.1 Å². The number of nitrogens with zero attached hydrogens (tertiary/aromatic N) is 3. The maximum atomic E-state index is 5.67. The van der Waals surface area contributed by atoms with E-state index in [-0.39, 0.29) is 5.88 Å². The molecule has 0 atom stereocenters. The molecule has 0 unspecified atom stereocenters. The van der Waals surface area contributed by atoms with Gasteiger partial charge in [-0.15, -0.1) is 0 Å². The molecule has 2 N–H and O–H groups in total. The van der Waals surface area contributed by atoms with Crippen LogP contribution in [0.25, 0.3) is 11.1 Å². The maximum Gasteiger partial charge on any atom is 0.183 e. The summed E-state index contributed by atoms with van der Waals surface area (Å²) in [5.41, 5.74) is 15.7. The third-order valence-electron chi connectivity index (χ3n) is 8.19. The van der Waals surface area contributed by atoms with Crippen LogP contribution in [-0.4, -0.2) is 41.0 Å². The summed E-state index contributed by atoms with van der Waals surface area (Å²) < 4.78 is 5.52. The SMILES string of the molecule is C=C(N)Oc1ccc(/C(=C(/CC)c2ccccc2)c2ccc(C#Cc3cc(CN(CC)CC)nc(CN(CC)CC)c3)cc2)cc1. The van der Waals surface area contributed by atoms with Crippen LogP contribution in [0, 0.1) is 11.8 Å². The second kappa shape index (κ2) is 17.2. The van der Waals surface area contributed by atoms with E-state index in [0.29, 0.717) is 5.75 Å². The third-order valence-corrected chi connectivity index (χ3v) is 8.19. The van der Waals surface area contributed by atoms with Crippen molar-refractivity contribution in [2.45, 2.75) is 54.1 Å². The zero-order valence-corrected chi connectivity index (χ0v) is 28.1. The highest BCUT2D eigenvalue weighted by molar-refractivity contribution is 5.98. The molecule has 0 aliphatic heterocycles. The average Bonchev–Trinajstić information content (AvgIpc) is 3.08. The van der Waals surface area contributed by atoms with Crippen molar-refractivity contribution >= 4 is 11.1 Å². The van der Waals surface area contributed by atoms with Crippen LogP contribution < -0.4 is 10.5 Å². The Balaban J connectivity index is 1.70. The highest BCUT2D eigenvalue weighted by Gasteiger charge is 2.14. The van der Waals surface area contributed by atoms with Crippen LogP contribution in [0.1, 0.15) is 80.2 Å². The van der Waals surface area contributed by atoms with Crippen LogP contribution >= 0.6 is 0 Å². The van der Waals surface area contributed by atoms with Gasteiger partial charge in [-0.1, -0.05) is 101 Å². The predicted molar refractivity (Wildman–Crippen MR) is 193 cm³/mol. The highest BCUT2D eigenvalue weighted by atomic mass is 16.5. The van der Waals surface area contributed by atoms with Gasteiger partial charge >= 0.3 is 0 Å².